The van der Waals surface area contributed by atoms with Crippen molar-refractivity contribution in [1.82, 2.24) is 10.2 Å². The molecule has 4 nitrogen and oxygen atoms in total. The maximum absolute atomic E-state index is 11.3. The molecule has 0 aromatic rings. The first-order valence-electron chi connectivity index (χ1n) is 5.85. The zero-order chi connectivity index (χ0) is 10.9. The van der Waals surface area contributed by atoms with E-state index in [4.69, 9.17) is 0 Å². The molecule has 1 atom stereocenters. The van der Waals surface area contributed by atoms with Crippen molar-refractivity contribution in [2.75, 3.05) is 19.6 Å². The van der Waals surface area contributed by atoms with E-state index in [2.05, 4.69) is 10.2 Å². The van der Waals surface area contributed by atoms with Gasteiger partial charge in [0.15, 0.2) is 0 Å². The van der Waals surface area contributed by atoms with Crippen molar-refractivity contribution in [2.45, 2.75) is 44.2 Å². The molecule has 0 radical (unpaired) electrons. The number of piperidine rings is 1. The van der Waals surface area contributed by atoms with Gasteiger partial charge in [-0.3, -0.25) is 9.69 Å². The van der Waals surface area contributed by atoms with Gasteiger partial charge in [0.2, 0.25) is 0 Å². The summed E-state index contributed by atoms with van der Waals surface area (Å²) in [6.07, 6.45) is 3.99. The standard InChI is InChI=1S/C11H20N2O2/c1-11(10(14)15)5-2-8-13(11)9-3-6-12-7-4-9/h9,12H,2-8H2,1H3,(H,14,15)/t11-/m0/s1. The number of carbonyl (C=O) groups is 1. The highest BCUT2D eigenvalue weighted by molar-refractivity contribution is 5.78. The van der Waals surface area contributed by atoms with Gasteiger partial charge in [-0.2, -0.15) is 0 Å². The normalized spacial score (nSPS) is 34.5. The van der Waals surface area contributed by atoms with E-state index in [1.807, 2.05) is 6.92 Å². The number of carboxylic acids is 1. The molecule has 0 aromatic carbocycles. The van der Waals surface area contributed by atoms with Crippen LogP contribution < -0.4 is 5.32 Å². The Morgan fingerprint density at radius 3 is 2.73 bits per heavy atom. The summed E-state index contributed by atoms with van der Waals surface area (Å²) in [5, 5.41) is 12.6. The minimum absolute atomic E-state index is 0.467. The highest BCUT2D eigenvalue weighted by Gasteiger charge is 2.46. The van der Waals surface area contributed by atoms with E-state index >= 15 is 0 Å². The molecule has 0 unspecified atom stereocenters. The van der Waals surface area contributed by atoms with Crippen molar-refractivity contribution in [3.8, 4) is 0 Å². The number of hydrogen-bond donors (Lipinski definition) is 2. The zero-order valence-electron chi connectivity index (χ0n) is 9.33. The van der Waals surface area contributed by atoms with E-state index in [1.165, 1.54) is 0 Å². The average molecular weight is 212 g/mol. The summed E-state index contributed by atoms with van der Waals surface area (Å²) >= 11 is 0. The minimum Gasteiger partial charge on any atom is -0.480 e. The second-order valence-electron chi connectivity index (χ2n) is 4.86. The van der Waals surface area contributed by atoms with Crippen molar-refractivity contribution < 1.29 is 9.90 Å². The Bertz CT molecular complexity index is 251. The highest BCUT2D eigenvalue weighted by atomic mass is 16.4. The van der Waals surface area contributed by atoms with Crippen LogP contribution in [-0.4, -0.2) is 47.2 Å². The second-order valence-corrected chi connectivity index (χ2v) is 4.86. The lowest BCUT2D eigenvalue weighted by Crippen LogP contribution is -2.55. The van der Waals surface area contributed by atoms with Crippen LogP contribution in [0.3, 0.4) is 0 Å². The highest BCUT2D eigenvalue weighted by Crippen LogP contribution is 2.33. The molecule has 0 spiro atoms. The SMILES string of the molecule is C[C@@]1(C(=O)O)CCCN1C1CCNCC1. The number of nitrogens with zero attached hydrogens (tertiary/aromatic N) is 1. The van der Waals surface area contributed by atoms with Gasteiger partial charge in [0.1, 0.15) is 5.54 Å². The first-order chi connectivity index (χ1) is 7.14. The average Bonchev–Trinajstić information content (AvgIpc) is 2.63. The molecule has 2 rings (SSSR count). The molecule has 2 N–H and O–H groups in total. The predicted octanol–water partition coefficient (Wildman–Crippen LogP) is 0.677. The first kappa shape index (κ1) is 10.9. The summed E-state index contributed by atoms with van der Waals surface area (Å²) in [4.78, 5) is 13.5. The number of rotatable bonds is 2. The van der Waals surface area contributed by atoms with Gasteiger partial charge < -0.3 is 10.4 Å². The van der Waals surface area contributed by atoms with Crippen LogP contribution in [0.15, 0.2) is 0 Å². The summed E-state index contributed by atoms with van der Waals surface area (Å²) in [7, 11) is 0. The van der Waals surface area contributed by atoms with Crippen molar-refractivity contribution in [2.24, 2.45) is 0 Å². The Kier molecular flexibility index (Phi) is 2.98. The fourth-order valence-electron chi connectivity index (χ4n) is 2.92. The third-order valence-corrected chi connectivity index (χ3v) is 3.91. The van der Waals surface area contributed by atoms with Gasteiger partial charge in [0, 0.05) is 6.04 Å². The third-order valence-electron chi connectivity index (χ3n) is 3.91. The predicted molar refractivity (Wildman–Crippen MR) is 57.9 cm³/mol. The Labute approximate surface area is 90.6 Å². The van der Waals surface area contributed by atoms with Crippen molar-refractivity contribution >= 4 is 5.97 Å². The molecule has 2 aliphatic heterocycles. The van der Waals surface area contributed by atoms with Gasteiger partial charge in [-0.15, -0.1) is 0 Å². The summed E-state index contributed by atoms with van der Waals surface area (Å²) < 4.78 is 0. The topological polar surface area (TPSA) is 52.6 Å². The van der Waals surface area contributed by atoms with Crippen LogP contribution in [0, 0.1) is 0 Å². The van der Waals surface area contributed by atoms with E-state index < -0.39 is 11.5 Å². The van der Waals surface area contributed by atoms with Crippen LogP contribution in [0.1, 0.15) is 32.6 Å². The molecule has 2 aliphatic rings. The number of hydrogen-bond acceptors (Lipinski definition) is 3. The van der Waals surface area contributed by atoms with Gasteiger partial charge in [-0.05, 0) is 52.2 Å². The van der Waals surface area contributed by atoms with E-state index in [0.717, 1.165) is 45.3 Å². The smallest absolute Gasteiger partial charge is 0.323 e. The molecular weight excluding hydrogens is 192 g/mol. The number of likely N-dealkylation sites (tertiary alicyclic amines) is 1. The van der Waals surface area contributed by atoms with Crippen LogP contribution in [0.25, 0.3) is 0 Å². The molecule has 2 fully saturated rings. The Hall–Kier alpha value is -0.610. The molecule has 0 aliphatic carbocycles. The number of aliphatic carboxylic acids is 1. The molecule has 0 saturated carbocycles. The maximum Gasteiger partial charge on any atom is 0.323 e. The molecule has 0 bridgehead atoms. The van der Waals surface area contributed by atoms with Crippen LogP contribution in [0.4, 0.5) is 0 Å². The van der Waals surface area contributed by atoms with Gasteiger partial charge >= 0.3 is 5.97 Å². The minimum atomic E-state index is -0.654. The maximum atomic E-state index is 11.3. The quantitative estimate of drug-likeness (QED) is 0.706. The lowest BCUT2D eigenvalue weighted by molar-refractivity contribution is -0.150. The fourth-order valence-corrected chi connectivity index (χ4v) is 2.92. The van der Waals surface area contributed by atoms with E-state index in [0.29, 0.717) is 6.04 Å². The van der Waals surface area contributed by atoms with Crippen LogP contribution in [-0.2, 0) is 4.79 Å². The van der Waals surface area contributed by atoms with Gasteiger partial charge in [-0.1, -0.05) is 0 Å². The molecule has 86 valence electrons. The van der Waals surface area contributed by atoms with Crippen LogP contribution in [0.2, 0.25) is 0 Å². The molecule has 0 aromatic heterocycles. The summed E-state index contributed by atoms with van der Waals surface area (Å²) in [5.74, 6) is -0.654. The van der Waals surface area contributed by atoms with Crippen molar-refractivity contribution in [1.29, 1.82) is 0 Å². The van der Waals surface area contributed by atoms with Crippen molar-refractivity contribution in [3.05, 3.63) is 0 Å². The van der Waals surface area contributed by atoms with Gasteiger partial charge in [0.05, 0.1) is 0 Å². The molecule has 15 heavy (non-hydrogen) atoms. The Balaban J connectivity index is 2.09. The zero-order valence-corrected chi connectivity index (χ0v) is 9.33. The van der Waals surface area contributed by atoms with Crippen molar-refractivity contribution in [3.63, 3.8) is 0 Å². The third kappa shape index (κ3) is 1.88. The summed E-state index contributed by atoms with van der Waals surface area (Å²) in [5.41, 5.74) is -0.609. The van der Waals surface area contributed by atoms with Crippen LogP contribution >= 0.6 is 0 Å². The second kappa shape index (κ2) is 4.10. The number of nitrogens with one attached hydrogen (secondary N) is 1. The fraction of sp³-hybridized carbons (Fsp3) is 0.909. The van der Waals surface area contributed by atoms with Crippen LogP contribution in [0.5, 0.6) is 0 Å². The van der Waals surface area contributed by atoms with Gasteiger partial charge in [-0.25, -0.2) is 0 Å². The largest absolute Gasteiger partial charge is 0.480 e. The summed E-state index contributed by atoms with van der Waals surface area (Å²) in [6, 6.07) is 0.467. The molecule has 0 amide bonds. The lowest BCUT2D eigenvalue weighted by Gasteiger charge is -2.39. The molecule has 2 saturated heterocycles. The molecule has 4 heteroatoms. The lowest BCUT2D eigenvalue weighted by atomic mass is 9.95. The molecule has 2 heterocycles. The monoisotopic (exact) mass is 212 g/mol. The Morgan fingerprint density at radius 1 is 1.47 bits per heavy atom. The first-order valence-corrected chi connectivity index (χ1v) is 5.85. The number of carboxylic acid groups (broad SMARTS) is 1. The van der Waals surface area contributed by atoms with E-state index in [9.17, 15) is 9.90 Å². The van der Waals surface area contributed by atoms with Gasteiger partial charge in [0.25, 0.3) is 0 Å². The van der Waals surface area contributed by atoms with E-state index in [1.54, 1.807) is 0 Å². The van der Waals surface area contributed by atoms with E-state index in [-0.39, 0.29) is 0 Å². The summed E-state index contributed by atoms with van der Waals surface area (Å²) in [6.45, 7) is 4.88. The molecular formula is C11H20N2O2. The Morgan fingerprint density at radius 2 is 2.13 bits per heavy atom.